The number of pyridine rings is 1. The van der Waals surface area contributed by atoms with Crippen molar-refractivity contribution in [2.45, 2.75) is 19.9 Å². The van der Waals surface area contributed by atoms with Crippen molar-refractivity contribution in [2.75, 3.05) is 6.54 Å². The summed E-state index contributed by atoms with van der Waals surface area (Å²) in [5.41, 5.74) is 0.911. The molecule has 0 aliphatic heterocycles. The first kappa shape index (κ1) is 14.9. The maximum atomic E-state index is 13.0. The van der Waals surface area contributed by atoms with Crippen LogP contribution in [0.4, 0.5) is 4.39 Å². The summed E-state index contributed by atoms with van der Waals surface area (Å²) in [6.45, 7) is 3.78. The summed E-state index contributed by atoms with van der Waals surface area (Å²) in [6.07, 6.45) is 2.79. The van der Waals surface area contributed by atoms with Gasteiger partial charge in [0.2, 0.25) is 0 Å². The summed E-state index contributed by atoms with van der Waals surface area (Å²) < 4.78 is 19.3. The van der Waals surface area contributed by atoms with Gasteiger partial charge in [-0.2, -0.15) is 0 Å². The zero-order chi connectivity index (χ0) is 14.4. The fourth-order valence-corrected chi connectivity index (χ4v) is 2.13. The third-order valence-electron chi connectivity index (χ3n) is 2.64. The smallest absolute Gasteiger partial charge is 0.141 e. The molecule has 0 atom stereocenters. The van der Waals surface area contributed by atoms with Gasteiger partial charge in [-0.05, 0) is 53.2 Å². The molecule has 1 heterocycles. The third-order valence-corrected chi connectivity index (χ3v) is 3.26. The molecule has 0 aliphatic carbocycles. The van der Waals surface area contributed by atoms with Crippen LogP contribution in [-0.4, -0.2) is 11.5 Å². The SMILES string of the molecule is CCCNCc1cc(Oc2ccc(F)cc2Br)ccn1. The van der Waals surface area contributed by atoms with Crippen LogP contribution in [0.5, 0.6) is 11.5 Å². The molecule has 0 saturated heterocycles. The van der Waals surface area contributed by atoms with E-state index in [1.807, 2.05) is 6.07 Å². The number of ether oxygens (including phenoxy) is 1. The Kier molecular flexibility index (Phi) is 5.49. The molecule has 0 bridgehead atoms. The van der Waals surface area contributed by atoms with Gasteiger partial charge in [-0.1, -0.05) is 6.92 Å². The van der Waals surface area contributed by atoms with Crippen molar-refractivity contribution in [1.82, 2.24) is 10.3 Å². The van der Waals surface area contributed by atoms with Crippen LogP contribution in [-0.2, 0) is 6.54 Å². The van der Waals surface area contributed by atoms with E-state index >= 15 is 0 Å². The minimum Gasteiger partial charge on any atom is -0.456 e. The van der Waals surface area contributed by atoms with Gasteiger partial charge < -0.3 is 10.1 Å². The Balaban J connectivity index is 2.07. The Hall–Kier alpha value is -1.46. The summed E-state index contributed by atoms with van der Waals surface area (Å²) in [7, 11) is 0. The van der Waals surface area contributed by atoms with Crippen LogP contribution < -0.4 is 10.1 Å². The largest absolute Gasteiger partial charge is 0.456 e. The Morgan fingerprint density at radius 1 is 1.30 bits per heavy atom. The van der Waals surface area contributed by atoms with Crippen LogP contribution in [0.25, 0.3) is 0 Å². The van der Waals surface area contributed by atoms with Crippen LogP contribution >= 0.6 is 15.9 Å². The van der Waals surface area contributed by atoms with Crippen LogP contribution in [0.1, 0.15) is 19.0 Å². The summed E-state index contributed by atoms with van der Waals surface area (Å²) >= 11 is 3.28. The van der Waals surface area contributed by atoms with Crippen LogP contribution in [0.15, 0.2) is 41.0 Å². The number of hydrogen-bond donors (Lipinski definition) is 1. The number of halogens is 2. The predicted molar refractivity (Wildman–Crippen MR) is 80.4 cm³/mol. The third kappa shape index (κ3) is 4.28. The first-order valence-corrected chi connectivity index (χ1v) is 7.27. The molecule has 0 radical (unpaired) electrons. The van der Waals surface area contributed by atoms with E-state index in [-0.39, 0.29) is 5.82 Å². The maximum absolute atomic E-state index is 13.0. The second-order valence-electron chi connectivity index (χ2n) is 4.34. The standard InChI is InChI=1S/C15H16BrFN2O/c1-2-6-18-10-12-9-13(5-7-19-12)20-15-4-3-11(17)8-14(15)16/h3-5,7-9,18H,2,6,10H2,1H3. The molecule has 1 aromatic carbocycles. The van der Waals surface area contributed by atoms with Crippen molar-refractivity contribution in [2.24, 2.45) is 0 Å². The van der Waals surface area contributed by atoms with Gasteiger partial charge >= 0.3 is 0 Å². The molecule has 20 heavy (non-hydrogen) atoms. The Morgan fingerprint density at radius 3 is 2.90 bits per heavy atom. The highest BCUT2D eigenvalue weighted by Gasteiger charge is 2.05. The highest BCUT2D eigenvalue weighted by molar-refractivity contribution is 9.10. The molecular formula is C15H16BrFN2O. The van der Waals surface area contributed by atoms with E-state index in [1.165, 1.54) is 12.1 Å². The lowest BCUT2D eigenvalue weighted by Crippen LogP contribution is -2.14. The molecule has 0 fully saturated rings. The number of rotatable bonds is 6. The van der Waals surface area contributed by atoms with Crippen molar-refractivity contribution in [3.8, 4) is 11.5 Å². The number of benzene rings is 1. The van der Waals surface area contributed by atoms with Gasteiger partial charge in [-0.15, -0.1) is 0 Å². The Bertz CT molecular complexity index is 578. The zero-order valence-corrected chi connectivity index (χ0v) is 12.8. The van der Waals surface area contributed by atoms with E-state index in [1.54, 1.807) is 18.3 Å². The summed E-state index contributed by atoms with van der Waals surface area (Å²) in [4.78, 5) is 4.28. The number of aromatic nitrogens is 1. The average molecular weight is 339 g/mol. The second-order valence-corrected chi connectivity index (χ2v) is 5.19. The summed E-state index contributed by atoms with van der Waals surface area (Å²) in [6, 6.07) is 7.98. The molecule has 0 spiro atoms. The first-order valence-electron chi connectivity index (χ1n) is 6.47. The summed E-state index contributed by atoms with van der Waals surface area (Å²) in [5.74, 6) is 0.953. The fourth-order valence-electron chi connectivity index (χ4n) is 1.69. The van der Waals surface area contributed by atoms with Crippen molar-refractivity contribution in [3.05, 3.63) is 52.5 Å². The van der Waals surface area contributed by atoms with Crippen molar-refractivity contribution in [1.29, 1.82) is 0 Å². The first-order chi connectivity index (χ1) is 9.69. The molecule has 106 valence electrons. The van der Waals surface area contributed by atoms with E-state index in [2.05, 4.69) is 33.2 Å². The lowest BCUT2D eigenvalue weighted by atomic mass is 10.3. The van der Waals surface area contributed by atoms with Crippen LogP contribution in [0.2, 0.25) is 0 Å². The monoisotopic (exact) mass is 338 g/mol. The highest BCUT2D eigenvalue weighted by atomic mass is 79.9. The molecule has 2 aromatic rings. The number of nitrogens with zero attached hydrogens (tertiary/aromatic N) is 1. The van der Waals surface area contributed by atoms with Gasteiger partial charge in [-0.25, -0.2) is 4.39 Å². The quantitative estimate of drug-likeness (QED) is 0.798. The van der Waals surface area contributed by atoms with Gasteiger partial charge in [0.1, 0.15) is 17.3 Å². The van der Waals surface area contributed by atoms with E-state index < -0.39 is 0 Å². The van der Waals surface area contributed by atoms with Crippen molar-refractivity contribution < 1.29 is 9.13 Å². The van der Waals surface area contributed by atoms with Gasteiger partial charge in [0.05, 0.1) is 10.2 Å². The van der Waals surface area contributed by atoms with Gasteiger partial charge in [0.15, 0.2) is 0 Å². The van der Waals surface area contributed by atoms with Crippen molar-refractivity contribution in [3.63, 3.8) is 0 Å². The number of nitrogens with one attached hydrogen (secondary N) is 1. The highest BCUT2D eigenvalue weighted by Crippen LogP contribution is 2.30. The number of hydrogen-bond acceptors (Lipinski definition) is 3. The lowest BCUT2D eigenvalue weighted by molar-refractivity contribution is 0.475. The van der Waals surface area contributed by atoms with Gasteiger partial charge in [0.25, 0.3) is 0 Å². The molecule has 0 unspecified atom stereocenters. The molecule has 1 N–H and O–H groups in total. The average Bonchev–Trinajstić information content (AvgIpc) is 2.43. The minimum absolute atomic E-state index is 0.302. The molecule has 1 aromatic heterocycles. The van der Waals surface area contributed by atoms with Gasteiger partial charge in [-0.3, -0.25) is 4.98 Å². The maximum Gasteiger partial charge on any atom is 0.141 e. The van der Waals surface area contributed by atoms with E-state index in [0.29, 0.717) is 22.5 Å². The molecule has 5 heteroatoms. The van der Waals surface area contributed by atoms with Crippen molar-refractivity contribution >= 4 is 15.9 Å². The van der Waals surface area contributed by atoms with Crippen LogP contribution in [0, 0.1) is 5.82 Å². The second kappa shape index (κ2) is 7.36. The minimum atomic E-state index is -0.302. The fraction of sp³-hybridized carbons (Fsp3) is 0.267. The Morgan fingerprint density at radius 2 is 2.15 bits per heavy atom. The molecule has 3 nitrogen and oxygen atoms in total. The zero-order valence-electron chi connectivity index (χ0n) is 11.2. The van der Waals surface area contributed by atoms with Gasteiger partial charge in [0, 0.05) is 18.8 Å². The lowest BCUT2D eigenvalue weighted by Gasteiger charge is -2.09. The molecule has 0 amide bonds. The van der Waals surface area contributed by atoms with E-state index in [9.17, 15) is 4.39 Å². The normalized spacial score (nSPS) is 10.6. The predicted octanol–water partition coefficient (Wildman–Crippen LogP) is 4.28. The molecular weight excluding hydrogens is 323 g/mol. The molecule has 0 saturated carbocycles. The van der Waals surface area contributed by atoms with Crippen LogP contribution in [0.3, 0.4) is 0 Å². The summed E-state index contributed by atoms with van der Waals surface area (Å²) in [5, 5.41) is 3.28. The topological polar surface area (TPSA) is 34.1 Å². The molecule has 2 rings (SSSR count). The molecule has 0 aliphatic rings. The van der Waals surface area contributed by atoms with E-state index in [0.717, 1.165) is 18.7 Å². The Labute approximate surface area is 126 Å². The van der Waals surface area contributed by atoms with E-state index in [4.69, 9.17) is 4.74 Å².